The highest BCUT2D eigenvalue weighted by molar-refractivity contribution is 7.19. The SMILES string of the molecule is CC(C)N(CCNC(=O)c1cnc(-c2csc3ccccc23)s1)C(C)C. The van der Waals surface area contributed by atoms with Crippen LogP contribution in [0.3, 0.4) is 0 Å². The molecule has 0 saturated carbocycles. The van der Waals surface area contributed by atoms with E-state index < -0.39 is 0 Å². The monoisotopic (exact) mass is 387 g/mol. The van der Waals surface area contributed by atoms with Crippen molar-refractivity contribution in [3.8, 4) is 10.6 Å². The second-order valence-corrected chi connectivity index (χ2v) is 8.80. The van der Waals surface area contributed by atoms with E-state index in [1.54, 1.807) is 17.5 Å². The summed E-state index contributed by atoms with van der Waals surface area (Å²) in [6.45, 7) is 10.2. The molecule has 2 heterocycles. The summed E-state index contributed by atoms with van der Waals surface area (Å²) in [5.41, 5.74) is 1.11. The lowest BCUT2D eigenvalue weighted by Gasteiger charge is -2.30. The van der Waals surface area contributed by atoms with Gasteiger partial charge in [0, 0.05) is 46.2 Å². The Morgan fingerprint density at radius 1 is 1.19 bits per heavy atom. The highest BCUT2D eigenvalue weighted by atomic mass is 32.1. The molecule has 0 bridgehead atoms. The number of hydrogen-bond donors (Lipinski definition) is 1. The third kappa shape index (κ3) is 4.14. The molecule has 0 unspecified atom stereocenters. The van der Waals surface area contributed by atoms with Gasteiger partial charge in [-0.1, -0.05) is 18.2 Å². The van der Waals surface area contributed by atoms with Gasteiger partial charge in [-0.25, -0.2) is 4.98 Å². The second-order valence-electron chi connectivity index (χ2n) is 6.86. The maximum Gasteiger partial charge on any atom is 0.263 e. The molecule has 1 aromatic carbocycles. The van der Waals surface area contributed by atoms with E-state index in [0.717, 1.165) is 17.1 Å². The van der Waals surface area contributed by atoms with E-state index in [1.807, 2.05) is 12.1 Å². The fraction of sp³-hybridized carbons (Fsp3) is 0.400. The number of nitrogens with one attached hydrogen (secondary N) is 1. The molecule has 138 valence electrons. The predicted molar refractivity (Wildman–Crippen MR) is 112 cm³/mol. The van der Waals surface area contributed by atoms with Crippen LogP contribution in [0.2, 0.25) is 0 Å². The molecule has 0 fully saturated rings. The first-order valence-electron chi connectivity index (χ1n) is 8.93. The van der Waals surface area contributed by atoms with Gasteiger partial charge in [0.1, 0.15) is 9.88 Å². The van der Waals surface area contributed by atoms with Crippen LogP contribution in [0.5, 0.6) is 0 Å². The number of thiophene rings is 1. The van der Waals surface area contributed by atoms with E-state index in [1.165, 1.54) is 21.4 Å². The van der Waals surface area contributed by atoms with Crippen LogP contribution in [-0.2, 0) is 0 Å². The fourth-order valence-corrected chi connectivity index (χ4v) is 5.03. The first-order chi connectivity index (χ1) is 12.5. The molecule has 6 heteroatoms. The first kappa shape index (κ1) is 19.0. The number of carbonyl (C=O) groups excluding carboxylic acids is 1. The van der Waals surface area contributed by atoms with E-state index in [0.29, 0.717) is 23.5 Å². The van der Waals surface area contributed by atoms with Crippen LogP contribution >= 0.6 is 22.7 Å². The fourth-order valence-electron chi connectivity index (χ4n) is 3.15. The lowest BCUT2D eigenvalue weighted by Crippen LogP contribution is -2.42. The number of benzene rings is 1. The van der Waals surface area contributed by atoms with Crippen LogP contribution in [-0.4, -0.2) is 41.0 Å². The Balaban J connectivity index is 1.65. The molecule has 0 aliphatic heterocycles. The molecule has 1 amide bonds. The number of nitrogens with zero attached hydrogens (tertiary/aromatic N) is 2. The van der Waals surface area contributed by atoms with Crippen molar-refractivity contribution in [1.82, 2.24) is 15.2 Å². The molecule has 4 nitrogen and oxygen atoms in total. The first-order valence-corrected chi connectivity index (χ1v) is 10.6. The van der Waals surface area contributed by atoms with Gasteiger partial charge in [0.2, 0.25) is 0 Å². The smallest absolute Gasteiger partial charge is 0.263 e. The summed E-state index contributed by atoms with van der Waals surface area (Å²) in [6.07, 6.45) is 1.68. The Morgan fingerprint density at radius 3 is 2.65 bits per heavy atom. The number of hydrogen-bond acceptors (Lipinski definition) is 5. The lowest BCUT2D eigenvalue weighted by molar-refractivity contribution is 0.0943. The Labute approximate surface area is 162 Å². The quantitative estimate of drug-likeness (QED) is 0.629. The van der Waals surface area contributed by atoms with Gasteiger partial charge in [0.15, 0.2) is 0 Å². The Bertz CT molecular complexity index is 874. The summed E-state index contributed by atoms with van der Waals surface area (Å²) in [7, 11) is 0. The Kier molecular flexibility index (Phi) is 6.06. The lowest BCUT2D eigenvalue weighted by atomic mass is 10.2. The number of fused-ring (bicyclic) bond motifs is 1. The molecule has 0 aliphatic rings. The average Bonchev–Trinajstić information content (AvgIpc) is 3.24. The summed E-state index contributed by atoms with van der Waals surface area (Å²) < 4.78 is 1.24. The molecule has 3 rings (SSSR count). The molecule has 0 spiro atoms. The van der Waals surface area contributed by atoms with Crippen LogP contribution in [0.4, 0.5) is 0 Å². The van der Waals surface area contributed by atoms with Crippen LogP contribution < -0.4 is 5.32 Å². The molecule has 0 saturated heterocycles. The van der Waals surface area contributed by atoms with Crippen molar-refractivity contribution in [3.63, 3.8) is 0 Å². The molecule has 2 aromatic heterocycles. The third-order valence-corrected chi connectivity index (χ3v) is 6.42. The van der Waals surface area contributed by atoms with Gasteiger partial charge in [-0.2, -0.15) is 0 Å². The van der Waals surface area contributed by atoms with Crippen molar-refractivity contribution >= 4 is 38.7 Å². The highest BCUT2D eigenvalue weighted by Gasteiger charge is 2.16. The summed E-state index contributed by atoms with van der Waals surface area (Å²) in [6, 6.07) is 9.23. The summed E-state index contributed by atoms with van der Waals surface area (Å²) in [5, 5.41) is 7.25. The van der Waals surface area contributed by atoms with Crippen LogP contribution in [0.1, 0.15) is 37.4 Å². The van der Waals surface area contributed by atoms with Gasteiger partial charge < -0.3 is 5.32 Å². The maximum atomic E-state index is 12.5. The molecular formula is C20H25N3OS2. The number of amides is 1. The van der Waals surface area contributed by atoms with Crippen molar-refractivity contribution in [3.05, 3.63) is 40.7 Å². The number of carbonyl (C=O) groups is 1. The zero-order chi connectivity index (χ0) is 18.7. The van der Waals surface area contributed by atoms with Gasteiger partial charge in [-0.3, -0.25) is 9.69 Å². The number of thiazole rings is 1. The van der Waals surface area contributed by atoms with E-state index in [2.05, 4.69) is 60.4 Å². The molecule has 26 heavy (non-hydrogen) atoms. The van der Waals surface area contributed by atoms with Crippen molar-refractivity contribution < 1.29 is 4.79 Å². The van der Waals surface area contributed by atoms with Crippen LogP contribution in [0.25, 0.3) is 20.7 Å². The van der Waals surface area contributed by atoms with Crippen molar-refractivity contribution in [2.24, 2.45) is 0 Å². The minimum atomic E-state index is -0.0410. The topological polar surface area (TPSA) is 45.2 Å². The van der Waals surface area contributed by atoms with E-state index >= 15 is 0 Å². The molecule has 3 aromatic rings. The van der Waals surface area contributed by atoms with Crippen molar-refractivity contribution in [1.29, 1.82) is 0 Å². The number of aromatic nitrogens is 1. The molecule has 0 atom stereocenters. The van der Waals surface area contributed by atoms with Crippen molar-refractivity contribution in [2.45, 2.75) is 39.8 Å². The summed E-state index contributed by atoms with van der Waals surface area (Å²) in [4.78, 5) is 20.0. The minimum absolute atomic E-state index is 0.0410. The molecule has 0 aliphatic carbocycles. The standard InChI is InChI=1S/C20H25N3OS2/c1-13(2)23(14(3)4)10-9-21-19(24)18-11-22-20(26-18)16-12-25-17-8-6-5-7-15(16)17/h5-8,11-14H,9-10H2,1-4H3,(H,21,24). The minimum Gasteiger partial charge on any atom is -0.350 e. The van der Waals surface area contributed by atoms with Gasteiger partial charge in [-0.05, 0) is 33.8 Å². The zero-order valence-electron chi connectivity index (χ0n) is 15.7. The summed E-state index contributed by atoms with van der Waals surface area (Å²) in [5.74, 6) is -0.0410. The predicted octanol–water partition coefficient (Wildman–Crippen LogP) is 4.87. The Morgan fingerprint density at radius 2 is 1.92 bits per heavy atom. The van der Waals surface area contributed by atoms with Crippen LogP contribution in [0.15, 0.2) is 35.8 Å². The zero-order valence-corrected chi connectivity index (χ0v) is 17.3. The molecule has 1 N–H and O–H groups in total. The normalized spacial score (nSPS) is 11.8. The van der Waals surface area contributed by atoms with Gasteiger partial charge >= 0.3 is 0 Å². The average molecular weight is 388 g/mol. The maximum absolute atomic E-state index is 12.5. The number of rotatable bonds is 7. The molecular weight excluding hydrogens is 362 g/mol. The van der Waals surface area contributed by atoms with Gasteiger partial charge in [-0.15, -0.1) is 22.7 Å². The van der Waals surface area contributed by atoms with E-state index in [-0.39, 0.29) is 5.91 Å². The Hall–Kier alpha value is -1.76. The van der Waals surface area contributed by atoms with Crippen molar-refractivity contribution in [2.75, 3.05) is 13.1 Å². The van der Waals surface area contributed by atoms with Gasteiger partial charge in [0.05, 0.1) is 6.20 Å². The molecule has 0 radical (unpaired) electrons. The van der Waals surface area contributed by atoms with E-state index in [4.69, 9.17) is 0 Å². The largest absolute Gasteiger partial charge is 0.350 e. The third-order valence-electron chi connectivity index (χ3n) is 4.42. The van der Waals surface area contributed by atoms with Gasteiger partial charge in [0.25, 0.3) is 5.91 Å². The second kappa shape index (κ2) is 8.29. The highest BCUT2D eigenvalue weighted by Crippen LogP contribution is 2.35. The van der Waals surface area contributed by atoms with Crippen LogP contribution in [0, 0.1) is 0 Å². The summed E-state index contributed by atoms with van der Waals surface area (Å²) >= 11 is 3.16. The van der Waals surface area contributed by atoms with E-state index in [9.17, 15) is 4.79 Å².